The smallest absolute Gasteiger partial charge is 0 e. The molecular weight excluding hydrogens is 426 g/mol. The van der Waals surface area contributed by atoms with Crippen LogP contribution in [-0.4, -0.2) is 0 Å². The largest absolute Gasteiger partial charge is 0 e. The first kappa shape index (κ1) is 23.5. The Morgan fingerprint density at radius 2 is 0.500 bits per heavy atom. The van der Waals surface area contributed by atoms with Gasteiger partial charge in [-0.2, -0.15) is 0 Å². The summed E-state index contributed by atoms with van der Waals surface area (Å²) in [5.41, 5.74) is 0. The molecule has 0 saturated heterocycles. The fourth-order valence-corrected chi connectivity index (χ4v) is 0. The van der Waals surface area contributed by atoms with E-state index in [9.17, 15) is 0 Å². The molecule has 0 aromatic carbocycles. The summed E-state index contributed by atoms with van der Waals surface area (Å²) in [6.07, 6.45) is 0. The zero-order chi connectivity index (χ0) is 0. The van der Waals surface area contributed by atoms with Gasteiger partial charge in [-0.25, -0.2) is 0 Å². The summed E-state index contributed by atoms with van der Waals surface area (Å²) in [6, 6.07) is 0. The first-order valence-electron chi connectivity index (χ1n) is 0. The standard InChI is InChI=1S/Tb.3Y. The Morgan fingerprint density at radius 3 is 0.500 bits per heavy atom. The quantitative estimate of drug-likeness (QED) is 0.512. The third kappa shape index (κ3) is 9.78. The topological polar surface area (TPSA) is 0 Å². The van der Waals surface area contributed by atoms with E-state index in [4.69, 9.17) is 0 Å². The number of hydrogen-bond acceptors (Lipinski definition) is 0. The third-order valence-electron chi connectivity index (χ3n) is 0. The van der Waals surface area contributed by atoms with Crippen molar-refractivity contribution < 1.29 is 137 Å². The average Bonchev–Trinajstić information content (AvgIpc) is 0. The summed E-state index contributed by atoms with van der Waals surface area (Å²) in [5, 5.41) is 0. The van der Waals surface area contributed by atoms with Crippen LogP contribution in [0, 0.1) is 38.6 Å². The molecular formula is TbY3. The summed E-state index contributed by atoms with van der Waals surface area (Å²) >= 11 is 0. The van der Waals surface area contributed by atoms with Crippen molar-refractivity contribution in [3.05, 3.63) is 0 Å². The summed E-state index contributed by atoms with van der Waals surface area (Å²) in [5.74, 6) is 0. The molecule has 0 N–H and O–H groups in total. The van der Waals surface area contributed by atoms with Gasteiger partial charge in [-0.05, 0) is 0 Å². The van der Waals surface area contributed by atoms with E-state index in [0.29, 0.717) is 0 Å². The minimum atomic E-state index is 0. The molecule has 0 spiro atoms. The van der Waals surface area contributed by atoms with Crippen LogP contribution < -0.4 is 0 Å². The maximum absolute atomic E-state index is 0. The van der Waals surface area contributed by atoms with Crippen molar-refractivity contribution in [2.24, 2.45) is 0 Å². The minimum absolute atomic E-state index is 0. The van der Waals surface area contributed by atoms with Crippen LogP contribution in [0.4, 0.5) is 0 Å². The van der Waals surface area contributed by atoms with Crippen LogP contribution in [0.5, 0.6) is 0 Å². The van der Waals surface area contributed by atoms with Gasteiger partial charge in [0.1, 0.15) is 0 Å². The van der Waals surface area contributed by atoms with E-state index in [1.54, 1.807) is 0 Å². The molecule has 0 unspecified atom stereocenters. The van der Waals surface area contributed by atoms with E-state index < -0.39 is 0 Å². The van der Waals surface area contributed by atoms with Gasteiger partial charge in [-0.15, -0.1) is 0 Å². The molecule has 0 saturated carbocycles. The number of rotatable bonds is 0. The zero-order valence-electron chi connectivity index (χ0n) is 2.07. The Hall–Kier alpha value is 4.60. The molecule has 4 radical (unpaired) electrons. The van der Waals surface area contributed by atoms with E-state index in [-0.39, 0.29) is 137 Å². The second kappa shape index (κ2) is 15.6. The van der Waals surface area contributed by atoms with Crippen LogP contribution in [0.15, 0.2) is 0 Å². The molecule has 0 aromatic rings. The minimum Gasteiger partial charge on any atom is 0 e. The summed E-state index contributed by atoms with van der Waals surface area (Å²) in [7, 11) is 0. The molecule has 0 aliphatic rings. The molecule has 0 aliphatic heterocycles. The first-order chi connectivity index (χ1) is 0. The van der Waals surface area contributed by atoms with Gasteiger partial charge in [0.2, 0.25) is 0 Å². The van der Waals surface area contributed by atoms with Gasteiger partial charge in [0.15, 0.2) is 0 Å². The molecule has 0 aromatic heterocycles. The Morgan fingerprint density at radius 1 is 0.500 bits per heavy atom. The third-order valence-corrected chi connectivity index (χ3v) is 0. The Balaban J connectivity index is 0. The predicted octanol–water partition coefficient (Wildman–Crippen LogP) is -0.00750. The maximum atomic E-state index is 0. The predicted molar refractivity (Wildman–Crippen MR) is 0 cm³/mol. The fraction of sp³-hybridized carbons (Fsp3) is 0. The van der Waals surface area contributed by atoms with Gasteiger partial charge in [0, 0.05) is 137 Å². The Labute approximate surface area is 132 Å². The molecule has 0 amide bonds. The van der Waals surface area contributed by atoms with E-state index in [0.717, 1.165) is 0 Å². The van der Waals surface area contributed by atoms with Crippen molar-refractivity contribution in [3.8, 4) is 0 Å². The van der Waals surface area contributed by atoms with Crippen molar-refractivity contribution in [1.82, 2.24) is 0 Å². The second-order valence-electron chi connectivity index (χ2n) is 0. The van der Waals surface area contributed by atoms with Crippen LogP contribution in [0.2, 0.25) is 0 Å². The van der Waals surface area contributed by atoms with Crippen LogP contribution in [0.3, 0.4) is 0 Å². The van der Waals surface area contributed by atoms with Gasteiger partial charge < -0.3 is 0 Å². The van der Waals surface area contributed by atoms with Crippen LogP contribution in [0.25, 0.3) is 0 Å². The van der Waals surface area contributed by atoms with Crippen molar-refractivity contribution in [3.63, 3.8) is 0 Å². The monoisotopic (exact) mass is 426 g/mol. The average molecular weight is 426 g/mol. The first-order valence-corrected chi connectivity index (χ1v) is 0. The SMILES string of the molecule is [Tb].[Y].[Y].[Y]. The van der Waals surface area contributed by atoms with Crippen molar-refractivity contribution >= 4 is 0 Å². The molecule has 0 rings (SSSR count). The van der Waals surface area contributed by atoms with Gasteiger partial charge in [-0.1, -0.05) is 0 Å². The van der Waals surface area contributed by atoms with Gasteiger partial charge >= 0.3 is 0 Å². The molecule has 0 nitrogen and oxygen atoms in total. The van der Waals surface area contributed by atoms with Crippen molar-refractivity contribution in [1.29, 1.82) is 0 Å². The van der Waals surface area contributed by atoms with E-state index >= 15 is 0 Å². The molecule has 4 heavy (non-hydrogen) atoms. The van der Waals surface area contributed by atoms with Crippen molar-refractivity contribution in [2.45, 2.75) is 0 Å². The Kier molecular flexibility index (Phi) is 91.8. The van der Waals surface area contributed by atoms with E-state index in [2.05, 4.69) is 0 Å². The molecule has 4 heteroatoms. The second-order valence-corrected chi connectivity index (χ2v) is 0. The van der Waals surface area contributed by atoms with Crippen LogP contribution >= 0.6 is 0 Å². The number of hydrogen-bond donors (Lipinski definition) is 0. The van der Waals surface area contributed by atoms with Gasteiger partial charge in [0.25, 0.3) is 0 Å². The summed E-state index contributed by atoms with van der Waals surface area (Å²) in [4.78, 5) is 0. The summed E-state index contributed by atoms with van der Waals surface area (Å²) in [6.45, 7) is 0. The summed E-state index contributed by atoms with van der Waals surface area (Å²) < 4.78 is 0. The molecule has 0 fully saturated rings. The van der Waals surface area contributed by atoms with Crippen LogP contribution in [-0.2, 0) is 98.1 Å². The molecule has 0 heterocycles. The van der Waals surface area contributed by atoms with Crippen LogP contribution in [0.1, 0.15) is 0 Å². The normalized spacial score (nSPS) is 0. The van der Waals surface area contributed by atoms with E-state index in [1.807, 2.05) is 0 Å². The maximum Gasteiger partial charge on any atom is 0 e. The molecule has 0 aliphatic carbocycles. The Bertz CT molecular complexity index is 3.25. The van der Waals surface area contributed by atoms with E-state index in [1.165, 1.54) is 0 Å². The molecule has 0 bridgehead atoms. The van der Waals surface area contributed by atoms with Gasteiger partial charge in [0.05, 0.1) is 0 Å². The van der Waals surface area contributed by atoms with Gasteiger partial charge in [-0.3, -0.25) is 0 Å². The molecule has 0 atom stereocenters. The zero-order valence-corrected chi connectivity index (χ0v) is 12.7. The fourth-order valence-electron chi connectivity index (χ4n) is 0. The van der Waals surface area contributed by atoms with Crippen molar-refractivity contribution in [2.75, 3.05) is 0 Å². The molecule has 18 valence electrons.